The molecule has 0 bridgehead atoms. The summed E-state index contributed by atoms with van der Waals surface area (Å²) in [5, 5.41) is 13.8. The summed E-state index contributed by atoms with van der Waals surface area (Å²) < 4.78 is 54.6. The number of halogens is 4. The second kappa shape index (κ2) is 7.44. The van der Waals surface area contributed by atoms with Gasteiger partial charge >= 0.3 is 6.18 Å². The van der Waals surface area contributed by atoms with Gasteiger partial charge in [0.15, 0.2) is 5.82 Å². The molecule has 1 heterocycles. The number of carbonyl (C=O) groups is 1. The highest BCUT2D eigenvalue weighted by atomic mass is 19.4. The molecule has 1 aromatic heterocycles. The van der Waals surface area contributed by atoms with Gasteiger partial charge in [0.2, 0.25) is 0 Å². The highest BCUT2D eigenvalue weighted by molar-refractivity contribution is 5.96. The van der Waals surface area contributed by atoms with Gasteiger partial charge in [0.05, 0.1) is 5.69 Å². The fourth-order valence-electron chi connectivity index (χ4n) is 3.07. The van der Waals surface area contributed by atoms with Crippen LogP contribution in [0.1, 0.15) is 48.8 Å². The molecule has 1 aliphatic rings. The van der Waals surface area contributed by atoms with Crippen molar-refractivity contribution >= 4 is 5.91 Å². The summed E-state index contributed by atoms with van der Waals surface area (Å²) in [5.74, 6) is -0.501. The number of amides is 1. The van der Waals surface area contributed by atoms with Gasteiger partial charge in [0.25, 0.3) is 5.91 Å². The zero-order valence-electron chi connectivity index (χ0n) is 16.7. The van der Waals surface area contributed by atoms with E-state index in [4.69, 9.17) is 0 Å². The molecule has 6 nitrogen and oxygen atoms in total. The van der Waals surface area contributed by atoms with Crippen LogP contribution in [0.4, 0.5) is 17.6 Å². The average molecular weight is 433 g/mol. The molecule has 0 aliphatic heterocycles. The monoisotopic (exact) mass is 433 g/mol. The van der Waals surface area contributed by atoms with Gasteiger partial charge in [-0.15, -0.1) is 5.10 Å². The molecule has 2 aromatic carbocycles. The number of benzene rings is 2. The van der Waals surface area contributed by atoms with Crippen LogP contribution in [-0.2, 0) is 0 Å². The Kier molecular flexibility index (Phi) is 5.03. The third-order valence-corrected chi connectivity index (χ3v) is 5.17. The summed E-state index contributed by atoms with van der Waals surface area (Å²) in [6.45, 7) is 1.78. The first-order valence-corrected chi connectivity index (χ1v) is 9.64. The molecule has 1 fully saturated rings. The van der Waals surface area contributed by atoms with Gasteiger partial charge in [-0.3, -0.25) is 4.79 Å². The fraction of sp³-hybridized carbons (Fsp3) is 0.333. The minimum atomic E-state index is -4.63. The summed E-state index contributed by atoms with van der Waals surface area (Å²) in [6, 6.07) is 10.2. The van der Waals surface area contributed by atoms with E-state index in [9.17, 15) is 22.4 Å². The first-order valence-electron chi connectivity index (χ1n) is 9.64. The molecule has 0 radical (unpaired) electrons. The predicted molar refractivity (Wildman–Crippen MR) is 104 cm³/mol. The summed E-state index contributed by atoms with van der Waals surface area (Å²) in [7, 11) is 0. The molecule has 4 rings (SSSR count). The van der Waals surface area contributed by atoms with Gasteiger partial charge < -0.3 is 5.32 Å². The molecular formula is C21H19F4N5O. The van der Waals surface area contributed by atoms with E-state index in [0.717, 1.165) is 26.7 Å². The molecule has 0 saturated heterocycles. The van der Waals surface area contributed by atoms with Crippen LogP contribution in [0.25, 0.3) is 16.8 Å². The van der Waals surface area contributed by atoms with E-state index in [0.29, 0.717) is 22.6 Å². The van der Waals surface area contributed by atoms with Crippen molar-refractivity contribution in [2.24, 2.45) is 0 Å². The quantitative estimate of drug-likeness (QED) is 0.605. The fourth-order valence-corrected chi connectivity index (χ4v) is 3.07. The van der Waals surface area contributed by atoms with E-state index in [-0.39, 0.29) is 11.5 Å². The molecule has 3 aromatic rings. The first-order chi connectivity index (χ1) is 14.5. The van der Waals surface area contributed by atoms with E-state index in [1.54, 1.807) is 6.07 Å². The lowest BCUT2D eigenvalue weighted by Gasteiger charge is -2.29. The molecule has 0 spiro atoms. The second-order valence-corrected chi connectivity index (χ2v) is 8.08. The highest BCUT2D eigenvalue weighted by Gasteiger charge is 2.48. The van der Waals surface area contributed by atoms with E-state index in [1.807, 2.05) is 5.32 Å². The Balaban J connectivity index is 1.79. The van der Waals surface area contributed by atoms with Gasteiger partial charge in [0.1, 0.15) is 11.4 Å². The smallest absolute Gasteiger partial charge is 0.338 e. The van der Waals surface area contributed by atoms with Crippen LogP contribution in [0.3, 0.4) is 0 Å². The number of hydrogen-bond acceptors (Lipinski definition) is 4. The normalized spacial score (nSPS) is 14.5. The summed E-state index contributed by atoms with van der Waals surface area (Å²) >= 11 is 0. The average Bonchev–Trinajstić information content (AvgIpc) is 3.43. The molecule has 0 unspecified atom stereocenters. The number of nitrogens with zero attached hydrogens (tertiary/aromatic N) is 4. The molecule has 162 valence electrons. The zero-order valence-corrected chi connectivity index (χ0v) is 16.7. The van der Waals surface area contributed by atoms with Gasteiger partial charge in [-0.25, -0.2) is 4.39 Å². The lowest BCUT2D eigenvalue weighted by molar-refractivity contribution is -0.182. The Morgan fingerprint density at radius 3 is 2.35 bits per heavy atom. The van der Waals surface area contributed by atoms with E-state index in [1.165, 1.54) is 41.1 Å². The predicted octanol–water partition coefficient (Wildman–Crippen LogP) is 4.42. The largest absolute Gasteiger partial charge is 0.410 e. The number of rotatable bonds is 5. The topological polar surface area (TPSA) is 72.7 Å². The SMILES string of the molecule is CC(C)(NC(=O)c1cc(-c2ccc(F)cc2)cc(-n2nnnc2C2CC2)c1)C(F)(F)F. The van der Waals surface area contributed by atoms with Crippen molar-refractivity contribution in [2.45, 2.75) is 44.3 Å². The maximum absolute atomic E-state index is 13.4. The van der Waals surface area contributed by atoms with Crippen molar-refractivity contribution < 1.29 is 22.4 Å². The minimum Gasteiger partial charge on any atom is -0.338 e. The molecule has 1 N–H and O–H groups in total. The lowest BCUT2D eigenvalue weighted by Crippen LogP contribution is -2.54. The summed E-state index contributed by atoms with van der Waals surface area (Å²) in [4.78, 5) is 12.8. The number of aromatic nitrogens is 4. The standard InChI is InChI=1S/C21H19F4N5O/c1-20(2,21(23,24)25)26-19(31)15-9-14(12-5-7-16(22)8-6-12)10-17(11-15)30-18(13-3-4-13)27-28-29-30/h5-11,13H,3-4H2,1-2H3,(H,26,31). The maximum Gasteiger partial charge on any atom is 0.410 e. The van der Waals surface area contributed by atoms with Crippen molar-refractivity contribution in [3.63, 3.8) is 0 Å². The van der Waals surface area contributed by atoms with Crippen LogP contribution in [0.2, 0.25) is 0 Å². The zero-order chi connectivity index (χ0) is 22.4. The number of tetrazole rings is 1. The molecule has 10 heteroatoms. The Morgan fingerprint density at radius 2 is 1.74 bits per heavy atom. The van der Waals surface area contributed by atoms with Crippen molar-refractivity contribution in [1.82, 2.24) is 25.5 Å². The molecule has 1 saturated carbocycles. The summed E-state index contributed by atoms with van der Waals surface area (Å²) in [6.07, 6.45) is -2.76. The van der Waals surface area contributed by atoms with Crippen LogP contribution in [0, 0.1) is 5.82 Å². The Bertz CT molecular complexity index is 1120. The highest BCUT2D eigenvalue weighted by Crippen LogP contribution is 2.39. The Labute approximate surface area is 175 Å². The van der Waals surface area contributed by atoms with Crippen LogP contribution >= 0.6 is 0 Å². The van der Waals surface area contributed by atoms with Gasteiger partial charge in [-0.1, -0.05) is 12.1 Å². The number of carbonyl (C=O) groups excluding carboxylic acids is 1. The van der Waals surface area contributed by atoms with E-state index >= 15 is 0 Å². The maximum atomic E-state index is 13.4. The van der Waals surface area contributed by atoms with Crippen LogP contribution < -0.4 is 5.32 Å². The number of nitrogens with one attached hydrogen (secondary N) is 1. The first kappa shape index (κ1) is 21.0. The van der Waals surface area contributed by atoms with Gasteiger partial charge in [-0.05, 0) is 78.6 Å². The van der Waals surface area contributed by atoms with Crippen LogP contribution in [0.5, 0.6) is 0 Å². The minimum absolute atomic E-state index is 0.00592. The number of hydrogen-bond donors (Lipinski definition) is 1. The Morgan fingerprint density at radius 1 is 1.06 bits per heavy atom. The Hall–Kier alpha value is -3.30. The molecule has 1 aliphatic carbocycles. The van der Waals surface area contributed by atoms with Gasteiger partial charge in [-0.2, -0.15) is 17.9 Å². The summed E-state index contributed by atoms with van der Waals surface area (Å²) in [5.41, 5.74) is -0.877. The van der Waals surface area contributed by atoms with Crippen LogP contribution in [-0.4, -0.2) is 37.8 Å². The van der Waals surface area contributed by atoms with Crippen molar-refractivity contribution in [3.8, 4) is 16.8 Å². The third-order valence-electron chi connectivity index (χ3n) is 5.17. The number of alkyl halides is 3. The lowest BCUT2D eigenvalue weighted by atomic mass is 10.00. The van der Waals surface area contributed by atoms with Crippen molar-refractivity contribution in [1.29, 1.82) is 0 Å². The van der Waals surface area contributed by atoms with E-state index in [2.05, 4.69) is 15.5 Å². The van der Waals surface area contributed by atoms with Gasteiger partial charge in [0, 0.05) is 11.5 Å². The molecule has 31 heavy (non-hydrogen) atoms. The third kappa shape index (κ3) is 4.28. The van der Waals surface area contributed by atoms with Crippen molar-refractivity contribution in [2.75, 3.05) is 0 Å². The van der Waals surface area contributed by atoms with E-state index < -0.39 is 23.4 Å². The molecule has 0 atom stereocenters. The second-order valence-electron chi connectivity index (χ2n) is 8.08. The molecule has 1 amide bonds. The van der Waals surface area contributed by atoms with Crippen molar-refractivity contribution in [3.05, 3.63) is 59.7 Å². The van der Waals surface area contributed by atoms with Crippen LogP contribution in [0.15, 0.2) is 42.5 Å². The molecular weight excluding hydrogens is 414 g/mol.